The van der Waals surface area contributed by atoms with E-state index in [1.165, 1.54) is 19.3 Å². The van der Waals surface area contributed by atoms with Gasteiger partial charge in [-0.2, -0.15) is 0 Å². The van der Waals surface area contributed by atoms with Crippen LogP contribution in [0.15, 0.2) is 24.3 Å². The van der Waals surface area contributed by atoms with E-state index in [0.29, 0.717) is 19.5 Å². The van der Waals surface area contributed by atoms with Crippen LogP contribution in [0.4, 0.5) is 5.69 Å². The van der Waals surface area contributed by atoms with Crippen molar-refractivity contribution in [3.63, 3.8) is 0 Å². The van der Waals surface area contributed by atoms with E-state index in [1.807, 2.05) is 18.2 Å². The number of nitrogens with zero attached hydrogens (tertiary/aromatic N) is 2. The summed E-state index contributed by atoms with van der Waals surface area (Å²) >= 11 is 0. The summed E-state index contributed by atoms with van der Waals surface area (Å²) in [5, 5.41) is 3.12. The third-order valence-corrected chi connectivity index (χ3v) is 6.07. The summed E-state index contributed by atoms with van der Waals surface area (Å²) in [5.74, 6) is -0.212. The minimum atomic E-state index is -0.264. The Hall–Kier alpha value is -1.88. The Morgan fingerprint density at radius 1 is 1.19 bits per heavy atom. The number of rotatable bonds is 6. The molecule has 1 N–H and O–H groups in total. The molecular formula is C22H33N3O2. The zero-order valence-corrected chi connectivity index (χ0v) is 17.0. The summed E-state index contributed by atoms with van der Waals surface area (Å²) in [7, 11) is 0. The molecule has 27 heavy (non-hydrogen) atoms. The van der Waals surface area contributed by atoms with Gasteiger partial charge in [-0.05, 0) is 57.8 Å². The molecule has 3 rings (SSSR count). The maximum atomic E-state index is 12.7. The van der Waals surface area contributed by atoms with Gasteiger partial charge in [0, 0.05) is 30.7 Å². The average molecular weight is 372 g/mol. The zero-order valence-electron chi connectivity index (χ0n) is 17.0. The highest BCUT2D eigenvalue weighted by Crippen LogP contribution is 2.29. The van der Waals surface area contributed by atoms with Crippen LogP contribution in [0.1, 0.15) is 52.0 Å². The lowest BCUT2D eigenvalue weighted by Gasteiger charge is -2.41. The van der Waals surface area contributed by atoms with Crippen LogP contribution in [0.3, 0.4) is 0 Å². The number of benzene rings is 1. The summed E-state index contributed by atoms with van der Waals surface area (Å²) < 4.78 is 0. The molecule has 1 aromatic rings. The fourth-order valence-corrected chi connectivity index (χ4v) is 4.25. The SMILES string of the molecule is CCc1ccccc1N1CC(C(=O)NCC(C)(C)N2CCCCC2)CC1=O. The molecule has 2 amide bonds. The second kappa shape index (κ2) is 8.42. The van der Waals surface area contributed by atoms with Crippen LogP contribution >= 0.6 is 0 Å². The minimum absolute atomic E-state index is 0.00455. The maximum Gasteiger partial charge on any atom is 0.227 e. The van der Waals surface area contributed by atoms with Crippen molar-refractivity contribution in [1.29, 1.82) is 0 Å². The Bertz CT molecular complexity index is 680. The smallest absolute Gasteiger partial charge is 0.227 e. The fourth-order valence-electron chi connectivity index (χ4n) is 4.25. The van der Waals surface area contributed by atoms with Gasteiger partial charge in [0.15, 0.2) is 0 Å². The van der Waals surface area contributed by atoms with Gasteiger partial charge in [0.1, 0.15) is 0 Å². The largest absolute Gasteiger partial charge is 0.354 e. The number of anilines is 1. The van der Waals surface area contributed by atoms with E-state index in [2.05, 4.69) is 37.1 Å². The summed E-state index contributed by atoms with van der Waals surface area (Å²) in [6.45, 7) is 9.79. The maximum absolute atomic E-state index is 12.7. The summed E-state index contributed by atoms with van der Waals surface area (Å²) in [6, 6.07) is 7.99. The molecule has 0 saturated carbocycles. The van der Waals surface area contributed by atoms with Crippen LogP contribution < -0.4 is 10.2 Å². The van der Waals surface area contributed by atoms with Gasteiger partial charge in [-0.1, -0.05) is 31.5 Å². The molecule has 2 saturated heterocycles. The normalized spacial score (nSPS) is 21.5. The average Bonchev–Trinajstić information content (AvgIpc) is 3.08. The van der Waals surface area contributed by atoms with Crippen molar-refractivity contribution in [3.05, 3.63) is 29.8 Å². The van der Waals surface area contributed by atoms with Crippen molar-refractivity contribution in [1.82, 2.24) is 10.2 Å². The van der Waals surface area contributed by atoms with E-state index in [4.69, 9.17) is 0 Å². The van der Waals surface area contributed by atoms with E-state index >= 15 is 0 Å². The van der Waals surface area contributed by atoms with E-state index in [0.717, 1.165) is 30.8 Å². The number of nitrogens with one attached hydrogen (secondary N) is 1. The lowest BCUT2D eigenvalue weighted by molar-refractivity contribution is -0.126. The van der Waals surface area contributed by atoms with Crippen molar-refractivity contribution >= 4 is 17.5 Å². The van der Waals surface area contributed by atoms with Crippen molar-refractivity contribution in [2.45, 2.75) is 58.4 Å². The van der Waals surface area contributed by atoms with Crippen LogP contribution in [-0.2, 0) is 16.0 Å². The van der Waals surface area contributed by atoms with Crippen molar-refractivity contribution in [2.24, 2.45) is 5.92 Å². The lowest BCUT2D eigenvalue weighted by Crippen LogP contribution is -2.54. The first-order chi connectivity index (χ1) is 12.9. The molecule has 148 valence electrons. The molecule has 1 unspecified atom stereocenters. The van der Waals surface area contributed by atoms with E-state index < -0.39 is 0 Å². The Labute approximate surface area is 163 Å². The van der Waals surface area contributed by atoms with Gasteiger partial charge in [-0.25, -0.2) is 0 Å². The Morgan fingerprint density at radius 3 is 2.59 bits per heavy atom. The summed E-state index contributed by atoms with van der Waals surface area (Å²) in [4.78, 5) is 29.6. The third-order valence-electron chi connectivity index (χ3n) is 6.07. The zero-order chi connectivity index (χ0) is 19.4. The number of carbonyl (C=O) groups excluding carboxylic acids is 2. The number of amides is 2. The minimum Gasteiger partial charge on any atom is -0.354 e. The molecule has 0 radical (unpaired) electrons. The van der Waals surface area contributed by atoms with Crippen LogP contribution in [-0.4, -0.2) is 48.4 Å². The molecule has 2 aliphatic rings. The molecule has 0 bridgehead atoms. The molecule has 5 nitrogen and oxygen atoms in total. The van der Waals surface area contributed by atoms with E-state index in [9.17, 15) is 9.59 Å². The second-order valence-electron chi connectivity index (χ2n) is 8.47. The van der Waals surface area contributed by atoms with Gasteiger partial charge in [0.05, 0.1) is 5.92 Å². The number of aryl methyl sites for hydroxylation is 1. The van der Waals surface area contributed by atoms with Crippen LogP contribution in [0.2, 0.25) is 0 Å². The monoisotopic (exact) mass is 371 g/mol. The highest BCUT2D eigenvalue weighted by atomic mass is 16.2. The number of carbonyl (C=O) groups is 2. The first kappa shape index (κ1) is 19.9. The Kier molecular flexibility index (Phi) is 6.20. The third kappa shape index (κ3) is 4.52. The molecule has 2 fully saturated rings. The van der Waals surface area contributed by atoms with Gasteiger partial charge in [-0.15, -0.1) is 0 Å². The first-order valence-electron chi connectivity index (χ1n) is 10.3. The predicted molar refractivity (Wildman–Crippen MR) is 109 cm³/mol. The summed E-state index contributed by atoms with van der Waals surface area (Å²) in [5.41, 5.74) is 2.06. The molecular weight excluding hydrogens is 338 g/mol. The first-order valence-corrected chi connectivity index (χ1v) is 10.3. The van der Waals surface area contributed by atoms with Crippen LogP contribution in [0.5, 0.6) is 0 Å². The lowest BCUT2D eigenvalue weighted by atomic mass is 9.98. The number of hydrogen-bond acceptors (Lipinski definition) is 3. The van der Waals surface area contributed by atoms with E-state index in [1.54, 1.807) is 4.90 Å². The predicted octanol–water partition coefficient (Wildman–Crippen LogP) is 2.98. The topological polar surface area (TPSA) is 52.7 Å². The molecule has 5 heteroatoms. The van der Waals surface area contributed by atoms with Crippen molar-refractivity contribution in [2.75, 3.05) is 31.1 Å². The van der Waals surface area contributed by atoms with Crippen molar-refractivity contribution < 1.29 is 9.59 Å². The fraction of sp³-hybridized carbons (Fsp3) is 0.636. The molecule has 2 aliphatic heterocycles. The molecule has 0 aliphatic carbocycles. The molecule has 1 aromatic carbocycles. The Balaban J connectivity index is 1.59. The summed E-state index contributed by atoms with van der Waals surface area (Å²) in [6.07, 6.45) is 4.95. The highest BCUT2D eigenvalue weighted by Gasteiger charge is 2.37. The van der Waals surface area contributed by atoms with E-state index in [-0.39, 0.29) is 23.3 Å². The molecule has 0 spiro atoms. The van der Waals surface area contributed by atoms with Crippen LogP contribution in [0, 0.1) is 5.92 Å². The molecule has 0 aromatic heterocycles. The second-order valence-corrected chi connectivity index (χ2v) is 8.47. The number of likely N-dealkylation sites (tertiary alicyclic amines) is 1. The van der Waals surface area contributed by atoms with Gasteiger partial charge < -0.3 is 10.2 Å². The quantitative estimate of drug-likeness (QED) is 0.836. The molecule has 1 atom stereocenters. The number of hydrogen-bond donors (Lipinski definition) is 1. The highest BCUT2D eigenvalue weighted by molar-refractivity contribution is 6.00. The van der Waals surface area contributed by atoms with Gasteiger partial charge >= 0.3 is 0 Å². The Morgan fingerprint density at radius 2 is 1.89 bits per heavy atom. The van der Waals surface area contributed by atoms with Gasteiger partial charge in [-0.3, -0.25) is 14.5 Å². The standard InChI is InChI=1S/C22H33N3O2/c1-4-17-10-6-7-11-19(17)25-15-18(14-20(25)26)21(27)23-16-22(2,3)24-12-8-5-9-13-24/h6-7,10-11,18H,4-5,8-9,12-16H2,1-3H3,(H,23,27). The van der Waals surface area contributed by atoms with Crippen LogP contribution in [0.25, 0.3) is 0 Å². The number of piperidine rings is 1. The molecule has 2 heterocycles. The van der Waals surface area contributed by atoms with Gasteiger partial charge in [0.25, 0.3) is 0 Å². The van der Waals surface area contributed by atoms with Crippen molar-refractivity contribution in [3.8, 4) is 0 Å². The number of para-hydroxylation sites is 1. The van der Waals surface area contributed by atoms with Gasteiger partial charge in [0.2, 0.25) is 11.8 Å².